The third-order valence-electron chi connectivity index (χ3n) is 5.67. The van der Waals surface area contributed by atoms with E-state index in [0.29, 0.717) is 72.0 Å². The Morgan fingerprint density at radius 1 is 1.29 bits per heavy atom. The predicted octanol–water partition coefficient (Wildman–Crippen LogP) is 5.10. The molecule has 1 aliphatic heterocycles. The molecule has 1 fully saturated rings. The molecule has 31 heavy (non-hydrogen) atoms. The second-order valence-electron chi connectivity index (χ2n) is 7.70. The Balaban J connectivity index is 1.57. The van der Waals surface area contributed by atoms with Gasteiger partial charge in [-0.15, -0.1) is 0 Å². The first-order chi connectivity index (χ1) is 14.9. The zero-order chi connectivity index (χ0) is 22.0. The highest BCUT2D eigenvalue weighted by atomic mass is 79.9. The number of para-hydroxylation sites is 1. The number of carboxylic acids is 1. The number of fused-ring (bicyclic) bond motifs is 1. The summed E-state index contributed by atoms with van der Waals surface area (Å²) in [6.07, 6.45) is 1.74. The fourth-order valence-electron chi connectivity index (χ4n) is 3.93. The van der Waals surface area contributed by atoms with Gasteiger partial charge in [0.1, 0.15) is 11.5 Å². The first kappa shape index (κ1) is 21.9. The van der Waals surface area contributed by atoms with E-state index in [4.69, 9.17) is 20.8 Å². The molecule has 162 valence electrons. The van der Waals surface area contributed by atoms with Crippen molar-refractivity contribution in [3.63, 3.8) is 0 Å². The summed E-state index contributed by atoms with van der Waals surface area (Å²) in [5, 5.41) is 13.5. The van der Waals surface area contributed by atoms with E-state index in [9.17, 15) is 14.7 Å². The topological polar surface area (TPSA) is 88.8 Å². The zero-order valence-electron chi connectivity index (χ0n) is 16.6. The van der Waals surface area contributed by atoms with Crippen molar-refractivity contribution in [2.24, 2.45) is 5.41 Å². The van der Waals surface area contributed by atoms with E-state index < -0.39 is 11.4 Å². The van der Waals surface area contributed by atoms with E-state index >= 15 is 0 Å². The minimum absolute atomic E-state index is 0.190. The van der Waals surface area contributed by atoms with Crippen LogP contribution in [0, 0.1) is 5.41 Å². The molecule has 2 N–H and O–H groups in total. The van der Waals surface area contributed by atoms with Gasteiger partial charge in [-0.2, -0.15) is 0 Å². The Labute approximate surface area is 192 Å². The van der Waals surface area contributed by atoms with Gasteiger partial charge >= 0.3 is 5.97 Å². The summed E-state index contributed by atoms with van der Waals surface area (Å²) in [5.74, 6) is 0.128. The summed E-state index contributed by atoms with van der Waals surface area (Å²) in [7, 11) is 0. The van der Waals surface area contributed by atoms with Crippen LogP contribution in [0.2, 0.25) is 5.02 Å². The lowest BCUT2D eigenvalue weighted by atomic mass is 9.82. The molecule has 0 bridgehead atoms. The molecule has 1 atom stereocenters. The number of carboxylic acid groups (broad SMARTS) is 1. The van der Waals surface area contributed by atoms with E-state index in [-0.39, 0.29) is 5.43 Å². The third-order valence-corrected chi connectivity index (χ3v) is 6.46. The Kier molecular flexibility index (Phi) is 6.36. The molecular weight excluding hydrogens is 486 g/mol. The quantitative estimate of drug-likeness (QED) is 0.434. The molecule has 1 saturated heterocycles. The van der Waals surface area contributed by atoms with Gasteiger partial charge in [-0.25, -0.2) is 0 Å². The molecule has 2 heterocycles. The third kappa shape index (κ3) is 4.49. The second kappa shape index (κ2) is 9.02. The minimum atomic E-state index is -0.768. The van der Waals surface area contributed by atoms with Crippen LogP contribution in [-0.4, -0.2) is 30.8 Å². The van der Waals surface area contributed by atoms with E-state index in [0.717, 1.165) is 4.47 Å². The first-order valence-electron chi connectivity index (χ1n) is 9.99. The van der Waals surface area contributed by atoms with Crippen molar-refractivity contribution in [1.82, 2.24) is 5.32 Å². The lowest BCUT2D eigenvalue weighted by molar-refractivity contribution is -0.148. The van der Waals surface area contributed by atoms with E-state index in [1.165, 1.54) is 6.07 Å². The van der Waals surface area contributed by atoms with Gasteiger partial charge in [0, 0.05) is 17.1 Å². The van der Waals surface area contributed by atoms with Gasteiger partial charge in [0.15, 0.2) is 11.0 Å². The molecule has 0 radical (unpaired) electrons. The summed E-state index contributed by atoms with van der Waals surface area (Å²) in [6, 6.07) is 11.9. The smallest absolute Gasteiger partial charge is 0.310 e. The van der Waals surface area contributed by atoms with Gasteiger partial charge in [-0.3, -0.25) is 9.59 Å². The lowest BCUT2D eigenvalue weighted by Crippen LogP contribution is -2.33. The molecule has 0 amide bonds. The average Bonchev–Trinajstić information content (AvgIpc) is 3.22. The Morgan fingerprint density at radius 2 is 2.13 bits per heavy atom. The number of rotatable bonds is 7. The highest BCUT2D eigenvalue weighted by Gasteiger charge is 2.40. The number of ether oxygens (including phenoxy) is 1. The molecule has 1 aromatic heterocycles. The monoisotopic (exact) mass is 505 g/mol. The van der Waals surface area contributed by atoms with Gasteiger partial charge in [-0.1, -0.05) is 33.6 Å². The highest BCUT2D eigenvalue weighted by molar-refractivity contribution is 9.10. The largest absolute Gasteiger partial charge is 0.493 e. The van der Waals surface area contributed by atoms with Crippen molar-refractivity contribution in [2.75, 3.05) is 19.7 Å². The molecule has 0 aliphatic carbocycles. The maximum absolute atomic E-state index is 12.6. The van der Waals surface area contributed by atoms with Crippen LogP contribution in [0.5, 0.6) is 5.75 Å². The van der Waals surface area contributed by atoms with E-state index in [2.05, 4.69) is 21.2 Å². The molecule has 8 heteroatoms. The number of aliphatic carboxylic acids is 1. The van der Waals surface area contributed by atoms with Gasteiger partial charge < -0.3 is 19.6 Å². The van der Waals surface area contributed by atoms with Crippen LogP contribution in [0.3, 0.4) is 0 Å². The summed E-state index contributed by atoms with van der Waals surface area (Å²) >= 11 is 9.68. The molecular formula is C23H21BrClNO5. The van der Waals surface area contributed by atoms with Crippen LogP contribution in [0.1, 0.15) is 19.3 Å². The van der Waals surface area contributed by atoms with E-state index in [1.807, 2.05) is 6.07 Å². The second-order valence-corrected chi connectivity index (χ2v) is 9.02. The van der Waals surface area contributed by atoms with Gasteiger partial charge in [0.2, 0.25) is 0 Å². The van der Waals surface area contributed by atoms with Gasteiger partial charge in [-0.05, 0) is 56.1 Å². The molecule has 6 nitrogen and oxygen atoms in total. The van der Waals surface area contributed by atoms with Crippen LogP contribution < -0.4 is 15.5 Å². The molecule has 2 aromatic carbocycles. The standard InChI is InChI=1S/C23H21BrClNO5/c24-14-5-6-16(20-12-18(27)15-3-1-4-17(25)21(15)31-20)19(11-14)30-10-2-7-23(22(28)29)8-9-26-13-23/h1,3-6,11-12,26H,2,7-10,13H2,(H,28,29). The fraction of sp³-hybridized carbons (Fsp3) is 0.304. The minimum Gasteiger partial charge on any atom is -0.493 e. The molecule has 1 unspecified atom stereocenters. The summed E-state index contributed by atoms with van der Waals surface area (Å²) < 4.78 is 12.8. The van der Waals surface area contributed by atoms with Crippen molar-refractivity contribution >= 4 is 44.5 Å². The van der Waals surface area contributed by atoms with Crippen LogP contribution in [0.15, 0.2) is 56.1 Å². The van der Waals surface area contributed by atoms with Crippen molar-refractivity contribution in [1.29, 1.82) is 0 Å². The Hall–Kier alpha value is -2.35. The van der Waals surface area contributed by atoms with Crippen LogP contribution >= 0.6 is 27.5 Å². The first-order valence-corrected chi connectivity index (χ1v) is 11.2. The summed E-state index contributed by atoms with van der Waals surface area (Å²) in [4.78, 5) is 24.3. The highest BCUT2D eigenvalue weighted by Crippen LogP contribution is 2.36. The molecule has 4 rings (SSSR count). The molecule has 0 spiro atoms. The fourth-order valence-corrected chi connectivity index (χ4v) is 4.49. The van der Waals surface area contributed by atoms with Crippen LogP contribution in [-0.2, 0) is 4.79 Å². The van der Waals surface area contributed by atoms with Gasteiger partial charge in [0.05, 0.1) is 28.0 Å². The number of halogens is 2. The molecule has 1 aliphatic rings. The molecule has 0 saturated carbocycles. The van der Waals surface area contributed by atoms with Crippen molar-refractivity contribution in [2.45, 2.75) is 19.3 Å². The zero-order valence-corrected chi connectivity index (χ0v) is 19.0. The SMILES string of the molecule is O=C(O)C1(CCCOc2cc(Br)ccc2-c2cc(=O)c3cccc(Cl)c3o2)CCNC1. The van der Waals surface area contributed by atoms with Crippen molar-refractivity contribution in [3.8, 4) is 17.1 Å². The Bertz CT molecular complexity index is 1190. The van der Waals surface area contributed by atoms with Crippen molar-refractivity contribution in [3.05, 3.63) is 62.2 Å². The predicted molar refractivity (Wildman–Crippen MR) is 123 cm³/mol. The number of hydrogen-bond donors (Lipinski definition) is 2. The maximum atomic E-state index is 12.6. The number of benzene rings is 2. The van der Waals surface area contributed by atoms with Gasteiger partial charge in [0.25, 0.3) is 0 Å². The maximum Gasteiger partial charge on any atom is 0.310 e. The number of hydrogen-bond acceptors (Lipinski definition) is 5. The summed E-state index contributed by atoms with van der Waals surface area (Å²) in [6.45, 7) is 1.54. The van der Waals surface area contributed by atoms with E-state index in [1.54, 1.807) is 30.3 Å². The Morgan fingerprint density at radius 3 is 2.87 bits per heavy atom. The summed E-state index contributed by atoms with van der Waals surface area (Å²) in [5.41, 5.74) is 0.0331. The van der Waals surface area contributed by atoms with Crippen LogP contribution in [0.4, 0.5) is 0 Å². The van der Waals surface area contributed by atoms with Crippen molar-refractivity contribution < 1.29 is 19.1 Å². The van der Waals surface area contributed by atoms with Crippen LogP contribution in [0.25, 0.3) is 22.3 Å². The lowest BCUT2D eigenvalue weighted by Gasteiger charge is -2.22. The average molecular weight is 507 g/mol. The molecule has 3 aromatic rings. The normalized spacial score (nSPS) is 18.4. The number of nitrogens with one attached hydrogen (secondary N) is 1. The number of carbonyl (C=O) groups is 1.